The first-order valence-electron chi connectivity index (χ1n) is 6.36. The summed E-state index contributed by atoms with van der Waals surface area (Å²) in [6.07, 6.45) is -6.16. The van der Waals surface area contributed by atoms with E-state index in [1.54, 1.807) is 13.8 Å². The molecular weight excluding hydrogens is 369 g/mol. The first-order chi connectivity index (χ1) is 10.8. The zero-order chi connectivity index (χ0) is 18.8. The summed E-state index contributed by atoms with van der Waals surface area (Å²) in [5.41, 5.74) is 0.531. The van der Waals surface area contributed by atoms with Gasteiger partial charge in [-0.2, -0.15) is 35.8 Å². The molecule has 1 aromatic carbocycles. The first kappa shape index (κ1) is 20.3. The molecule has 1 N–H and O–H groups in total. The number of nitrogens with one attached hydrogen (secondary N) is 1. The van der Waals surface area contributed by atoms with Crippen LogP contribution >= 0.6 is 11.6 Å². The van der Waals surface area contributed by atoms with Crippen molar-refractivity contribution in [3.63, 3.8) is 0 Å². The number of nitrogens with zero attached hydrogens (tertiary/aromatic N) is 1. The van der Waals surface area contributed by atoms with Gasteiger partial charge in [0.1, 0.15) is 5.75 Å². The van der Waals surface area contributed by atoms with E-state index in [-0.39, 0.29) is 22.4 Å². The third-order valence-corrected chi connectivity index (χ3v) is 2.73. The number of ether oxygens (including phenoxy) is 1. The highest BCUT2D eigenvalue weighted by Gasteiger charge is 2.73. The van der Waals surface area contributed by atoms with Gasteiger partial charge in [0.15, 0.2) is 0 Å². The zero-order valence-corrected chi connectivity index (χ0v) is 13.0. The summed E-state index contributed by atoms with van der Waals surface area (Å²) in [6, 6.07) is -1.65. The van der Waals surface area contributed by atoms with Gasteiger partial charge in [0.2, 0.25) is 0 Å². The minimum absolute atomic E-state index is 0.00910. The molecule has 0 aliphatic heterocycles. The van der Waals surface area contributed by atoms with E-state index in [2.05, 4.69) is 5.10 Å². The molecule has 0 atom stereocenters. The average Bonchev–Trinajstić information content (AvgIpc) is 2.39. The lowest BCUT2D eigenvalue weighted by molar-refractivity contribution is -0.361. The van der Waals surface area contributed by atoms with Crippen molar-refractivity contribution < 1.29 is 35.5 Å². The quantitative estimate of drug-likeness (QED) is 0.331. The molecular formula is C13H12ClF7N2O. The molecule has 3 nitrogen and oxygen atoms in total. The molecule has 0 radical (unpaired) electrons. The van der Waals surface area contributed by atoms with E-state index in [9.17, 15) is 30.7 Å². The van der Waals surface area contributed by atoms with Crippen molar-refractivity contribution >= 4 is 17.8 Å². The number of benzene rings is 1. The fraction of sp³-hybridized carbons (Fsp3) is 0.462. The van der Waals surface area contributed by atoms with Gasteiger partial charge in [0.05, 0.1) is 12.3 Å². The molecule has 0 aliphatic carbocycles. The van der Waals surface area contributed by atoms with Crippen LogP contribution in [-0.4, -0.2) is 30.5 Å². The number of hydrogen-bond acceptors (Lipinski definition) is 3. The number of hydrazone groups is 1. The van der Waals surface area contributed by atoms with Crippen molar-refractivity contribution in [1.29, 1.82) is 0 Å². The Bertz CT molecular complexity index is 602. The van der Waals surface area contributed by atoms with Gasteiger partial charge in [0.25, 0.3) is 0 Å². The number of rotatable bonds is 6. The number of hydrogen-bond donors (Lipinski definition) is 1. The highest BCUT2D eigenvalue weighted by Crippen LogP contribution is 2.45. The topological polar surface area (TPSA) is 33.6 Å². The normalized spacial score (nSPS) is 13.6. The summed E-state index contributed by atoms with van der Waals surface area (Å²) in [5.74, 6) is -6.17. The number of alkyl halides is 7. The standard InChI is InChI=1S/C13H12ClF7N2O/c1-7(2)24-10-4-3-9(14)5-8(10)6-22-23-13(20,21)11(15,16)12(17,18)19/h3-7,23H,1-2H3/b22-6-. The Balaban J connectivity index is 3.00. The summed E-state index contributed by atoms with van der Waals surface area (Å²) >= 11 is 5.70. The van der Waals surface area contributed by atoms with Crippen LogP contribution in [0.1, 0.15) is 19.4 Å². The Morgan fingerprint density at radius 1 is 1.12 bits per heavy atom. The highest BCUT2D eigenvalue weighted by molar-refractivity contribution is 6.30. The maximum absolute atomic E-state index is 13.0. The van der Waals surface area contributed by atoms with Crippen LogP contribution in [0.15, 0.2) is 23.3 Å². The van der Waals surface area contributed by atoms with Crippen LogP contribution in [-0.2, 0) is 0 Å². The Hall–Kier alpha value is -1.71. The Kier molecular flexibility index (Phi) is 5.96. The van der Waals surface area contributed by atoms with E-state index in [4.69, 9.17) is 16.3 Å². The lowest BCUT2D eigenvalue weighted by Gasteiger charge is -2.27. The molecule has 0 saturated carbocycles. The van der Waals surface area contributed by atoms with Crippen LogP contribution < -0.4 is 10.2 Å². The summed E-state index contributed by atoms with van der Waals surface area (Å²) in [4.78, 5) is 0. The third kappa shape index (κ3) is 4.65. The molecule has 1 aromatic rings. The third-order valence-electron chi connectivity index (χ3n) is 2.49. The van der Waals surface area contributed by atoms with Gasteiger partial charge < -0.3 is 4.74 Å². The molecule has 0 aliphatic rings. The second-order valence-corrected chi connectivity index (χ2v) is 5.30. The van der Waals surface area contributed by atoms with Crippen LogP contribution in [0, 0.1) is 0 Å². The van der Waals surface area contributed by atoms with E-state index in [0.717, 1.165) is 0 Å². The molecule has 0 saturated heterocycles. The van der Waals surface area contributed by atoms with Crippen molar-refractivity contribution in [2.45, 2.75) is 38.1 Å². The summed E-state index contributed by atoms with van der Waals surface area (Å²) in [7, 11) is 0. The Morgan fingerprint density at radius 2 is 1.71 bits per heavy atom. The van der Waals surface area contributed by atoms with Gasteiger partial charge in [-0.3, -0.25) is 0 Å². The minimum Gasteiger partial charge on any atom is -0.490 e. The predicted octanol–water partition coefficient (Wildman–Crippen LogP) is 4.84. The van der Waals surface area contributed by atoms with Gasteiger partial charge in [-0.1, -0.05) is 11.6 Å². The van der Waals surface area contributed by atoms with E-state index in [1.165, 1.54) is 18.2 Å². The average molecular weight is 381 g/mol. The summed E-state index contributed by atoms with van der Waals surface area (Å²) in [5, 5.41) is 2.91. The molecule has 0 spiro atoms. The molecule has 0 unspecified atom stereocenters. The molecule has 24 heavy (non-hydrogen) atoms. The van der Waals surface area contributed by atoms with Crippen LogP contribution in [0.2, 0.25) is 5.02 Å². The molecule has 0 fully saturated rings. The van der Waals surface area contributed by atoms with Crippen molar-refractivity contribution in [1.82, 2.24) is 5.43 Å². The van der Waals surface area contributed by atoms with Gasteiger partial charge in [-0.25, -0.2) is 5.43 Å². The molecule has 11 heteroatoms. The molecule has 0 heterocycles. The minimum atomic E-state index is -6.44. The molecule has 0 aromatic heterocycles. The SMILES string of the molecule is CC(C)Oc1ccc(Cl)cc1/C=N\NC(F)(F)C(F)(F)C(F)(F)F. The predicted molar refractivity (Wildman–Crippen MR) is 73.9 cm³/mol. The molecule has 0 bridgehead atoms. The number of halogens is 8. The fourth-order valence-corrected chi connectivity index (χ4v) is 1.59. The van der Waals surface area contributed by atoms with E-state index < -0.39 is 18.1 Å². The van der Waals surface area contributed by atoms with E-state index >= 15 is 0 Å². The zero-order valence-electron chi connectivity index (χ0n) is 12.3. The largest absolute Gasteiger partial charge is 0.490 e. The molecule has 136 valence electrons. The van der Waals surface area contributed by atoms with Crippen molar-refractivity contribution in [2.75, 3.05) is 0 Å². The van der Waals surface area contributed by atoms with Gasteiger partial charge >= 0.3 is 18.1 Å². The molecule has 0 amide bonds. The van der Waals surface area contributed by atoms with E-state index in [0.29, 0.717) is 11.6 Å². The van der Waals surface area contributed by atoms with E-state index in [1.807, 2.05) is 0 Å². The van der Waals surface area contributed by atoms with Crippen molar-refractivity contribution in [3.05, 3.63) is 28.8 Å². The first-order valence-corrected chi connectivity index (χ1v) is 6.74. The Labute approximate surface area is 137 Å². The lowest BCUT2D eigenvalue weighted by Crippen LogP contribution is -2.58. The van der Waals surface area contributed by atoms with Crippen LogP contribution in [0.5, 0.6) is 5.75 Å². The fourth-order valence-electron chi connectivity index (χ4n) is 1.41. The van der Waals surface area contributed by atoms with Gasteiger partial charge in [0, 0.05) is 10.6 Å². The highest BCUT2D eigenvalue weighted by atomic mass is 35.5. The summed E-state index contributed by atoms with van der Waals surface area (Å²) in [6.45, 7) is 3.32. The Morgan fingerprint density at radius 3 is 2.21 bits per heavy atom. The van der Waals surface area contributed by atoms with Crippen LogP contribution in [0.4, 0.5) is 30.7 Å². The maximum atomic E-state index is 13.0. The van der Waals surface area contributed by atoms with Crippen molar-refractivity contribution in [3.8, 4) is 5.75 Å². The second kappa shape index (κ2) is 7.04. The van der Waals surface area contributed by atoms with Crippen molar-refractivity contribution in [2.24, 2.45) is 5.10 Å². The molecule has 1 rings (SSSR count). The van der Waals surface area contributed by atoms with Crippen LogP contribution in [0.25, 0.3) is 0 Å². The van der Waals surface area contributed by atoms with Gasteiger partial charge in [-0.15, -0.1) is 0 Å². The smallest absolute Gasteiger partial charge is 0.462 e. The lowest BCUT2D eigenvalue weighted by atomic mass is 10.2. The summed E-state index contributed by atoms with van der Waals surface area (Å²) < 4.78 is 92.7. The van der Waals surface area contributed by atoms with Gasteiger partial charge in [-0.05, 0) is 32.0 Å². The monoisotopic (exact) mass is 380 g/mol. The second-order valence-electron chi connectivity index (χ2n) is 4.87. The maximum Gasteiger partial charge on any atom is 0.462 e. The van der Waals surface area contributed by atoms with Crippen LogP contribution in [0.3, 0.4) is 0 Å².